The van der Waals surface area contributed by atoms with E-state index in [0.29, 0.717) is 18.5 Å². The molecule has 0 spiro atoms. The van der Waals surface area contributed by atoms with Gasteiger partial charge in [-0.25, -0.2) is 4.79 Å². The van der Waals surface area contributed by atoms with Crippen LogP contribution in [0.5, 0.6) is 0 Å². The minimum atomic E-state index is -0.448. The molecule has 5 heteroatoms. The lowest BCUT2D eigenvalue weighted by molar-refractivity contribution is 0.0517. The van der Waals surface area contributed by atoms with E-state index < -0.39 is 5.60 Å². The molecule has 2 N–H and O–H groups in total. The van der Waals surface area contributed by atoms with Gasteiger partial charge in [0, 0.05) is 31.5 Å². The van der Waals surface area contributed by atoms with Crippen molar-refractivity contribution in [3.05, 3.63) is 29.6 Å². The number of aryl methyl sites for hydroxylation is 1. The van der Waals surface area contributed by atoms with Gasteiger partial charge >= 0.3 is 6.09 Å². The molecule has 1 fully saturated rings. The molecule has 2 unspecified atom stereocenters. The van der Waals surface area contributed by atoms with Crippen molar-refractivity contribution in [1.82, 2.24) is 15.6 Å². The SMILES string of the molecule is Cc1cnccc1CNC1CCCC1CNC(=O)OC(C)(C)C. The van der Waals surface area contributed by atoms with Crippen LogP contribution in [-0.2, 0) is 11.3 Å². The number of rotatable bonds is 5. The first-order valence-corrected chi connectivity index (χ1v) is 8.45. The standard InChI is InChI=1S/C18H29N3O2/c1-13-10-19-9-8-14(13)11-20-16-7-5-6-15(16)12-21-17(22)23-18(2,3)4/h8-10,15-16,20H,5-7,11-12H2,1-4H3,(H,21,22). The molecule has 0 saturated heterocycles. The Balaban J connectivity index is 1.79. The molecular formula is C18H29N3O2. The molecule has 0 aromatic carbocycles. The van der Waals surface area contributed by atoms with Crippen molar-refractivity contribution in [3.63, 3.8) is 0 Å². The van der Waals surface area contributed by atoms with E-state index in [4.69, 9.17) is 4.74 Å². The summed E-state index contributed by atoms with van der Waals surface area (Å²) >= 11 is 0. The molecule has 1 aromatic rings. The average Bonchev–Trinajstić information content (AvgIpc) is 2.90. The van der Waals surface area contributed by atoms with Crippen LogP contribution in [-0.4, -0.2) is 29.3 Å². The molecule has 0 aliphatic heterocycles. The topological polar surface area (TPSA) is 63.2 Å². The normalized spacial score (nSPS) is 21.2. The van der Waals surface area contributed by atoms with Gasteiger partial charge < -0.3 is 15.4 Å². The molecule has 0 bridgehead atoms. The summed E-state index contributed by atoms with van der Waals surface area (Å²) in [5, 5.41) is 6.55. The Kier molecular flexibility index (Phi) is 5.99. The van der Waals surface area contributed by atoms with Gasteiger partial charge in [0.25, 0.3) is 0 Å². The highest BCUT2D eigenvalue weighted by atomic mass is 16.6. The first-order valence-electron chi connectivity index (χ1n) is 8.45. The summed E-state index contributed by atoms with van der Waals surface area (Å²) in [5.74, 6) is 0.463. The second-order valence-electron chi connectivity index (χ2n) is 7.36. The Morgan fingerprint density at radius 2 is 2.17 bits per heavy atom. The maximum Gasteiger partial charge on any atom is 0.407 e. The van der Waals surface area contributed by atoms with Crippen molar-refractivity contribution in [1.29, 1.82) is 0 Å². The third-order valence-corrected chi connectivity index (χ3v) is 4.26. The van der Waals surface area contributed by atoms with Crippen LogP contribution in [0.25, 0.3) is 0 Å². The Hall–Kier alpha value is -1.62. The number of ether oxygens (including phenoxy) is 1. The van der Waals surface area contributed by atoms with Gasteiger partial charge in [0.05, 0.1) is 0 Å². The minimum Gasteiger partial charge on any atom is -0.444 e. The number of pyridine rings is 1. The molecular weight excluding hydrogens is 290 g/mol. The first-order chi connectivity index (χ1) is 10.8. The van der Waals surface area contributed by atoms with Gasteiger partial charge in [-0.15, -0.1) is 0 Å². The van der Waals surface area contributed by atoms with E-state index in [1.54, 1.807) is 0 Å². The maximum atomic E-state index is 11.8. The van der Waals surface area contributed by atoms with E-state index in [0.717, 1.165) is 19.4 Å². The van der Waals surface area contributed by atoms with Crippen LogP contribution in [0, 0.1) is 12.8 Å². The predicted molar refractivity (Wildman–Crippen MR) is 91.2 cm³/mol. The number of nitrogens with one attached hydrogen (secondary N) is 2. The van der Waals surface area contributed by atoms with Crippen LogP contribution in [0.3, 0.4) is 0 Å². The second kappa shape index (κ2) is 7.77. The van der Waals surface area contributed by atoms with Gasteiger partial charge in [0.15, 0.2) is 0 Å². The van der Waals surface area contributed by atoms with E-state index in [-0.39, 0.29) is 6.09 Å². The number of hydrogen-bond acceptors (Lipinski definition) is 4. The van der Waals surface area contributed by atoms with E-state index in [2.05, 4.69) is 28.6 Å². The lowest BCUT2D eigenvalue weighted by Gasteiger charge is -2.24. The number of amides is 1. The number of carbonyl (C=O) groups excluding carboxylic acids is 1. The molecule has 23 heavy (non-hydrogen) atoms. The average molecular weight is 319 g/mol. The molecule has 5 nitrogen and oxygen atoms in total. The largest absolute Gasteiger partial charge is 0.444 e. The predicted octanol–water partition coefficient (Wildman–Crippen LogP) is 3.17. The van der Waals surface area contributed by atoms with Crippen molar-refractivity contribution in [3.8, 4) is 0 Å². The highest BCUT2D eigenvalue weighted by Gasteiger charge is 2.27. The summed E-state index contributed by atoms with van der Waals surface area (Å²) in [6.45, 7) is 9.24. The number of nitrogens with zero attached hydrogens (tertiary/aromatic N) is 1. The van der Waals surface area contributed by atoms with Crippen LogP contribution in [0.1, 0.15) is 51.2 Å². The van der Waals surface area contributed by atoms with Crippen molar-refractivity contribution >= 4 is 6.09 Å². The molecule has 1 aliphatic rings. The number of carbonyl (C=O) groups is 1. The number of hydrogen-bond donors (Lipinski definition) is 2. The molecule has 1 amide bonds. The van der Waals surface area contributed by atoms with Crippen molar-refractivity contribution in [2.24, 2.45) is 5.92 Å². The lowest BCUT2D eigenvalue weighted by Crippen LogP contribution is -2.40. The zero-order chi connectivity index (χ0) is 16.9. The molecule has 1 heterocycles. The van der Waals surface area contributed by atoms with Crippen molar-refractivity contribution in [2.45, 2.75) is 65.1 Å². The third-order valence-electron chi connectivity index (χ3n) is 4.26. The summed E-state index contributed by atoms with van der Waals surface area (Å²) in [7, 11) is 0. The van der Waals surface area contributed by atoms with E-state index in [1.165, 1.54) is 17.5 Å². The highest BCUT2D eigenvalue weighted by molar-refractivity contribution is 5.67. The smallest absolute Gasteiger partial charge is 0.407 e. The van der Waals surface area contributed by atoms with E-state index in [1.807, 2.05) is 33.2 Å². The quantitative estimate of drug-likeness (QED) is 0.875. The molecule has 2 atom stereocenters. The Labute approximate surface area is 139 Å². The van der Waals surface area contributed by atoms with E-state index >= 15 is 0 Å². The third kappa shape index (κ3) is 5.82. The van der Waals surface area contributed by atoms with E-state index in [9.17, 15) is 4.79 Å². The summed E-state index contributed by atoms with van der Waals surface area (Å²) in [5.41, 5.74) is 2.04. The Bertz CT molecular complexity index is 525. The van der Waals surface area contributed by atoms with Gasteiger partial charge in [-0.05, 0) is 63.6 Å². The van der Waals surface area contributed by atoms with Crippen LogP contribution in [0.4, 0.5) is 4.79 Å². The molecule has 0 radical (unpaired) electrons. The highest BCUT2D eigenvalue weighted by Crippen LogP contribution is 2.25. The van der Waals surface area contributed by atoms with Crippen LogP contribution < -0.4 is 10.6 Å². The fourth-order valence-corrected chi connectivity index (χ4v) is 3.02. The zero-order valence-corrected chi connectivity index (χ0v) is 14.7. The van der Waals surface area contributed by atoms with Crippen molar-refractivity contribution < 1.29 is 9.53 Å². The second-order valence-corrected chi connectivity index (χ2v) is 7.36. The van der Waals surface area contributed by atoms with Gasteiger partial charge in [0.2, 0.25) is 0 Å². The van der Waals surface area contributed by atoms with Gasteiger partial charge in [-0.3, -0.25) is 4.98 Å². The molecule has 2 rings (SSSR count). The van der Waals surface area contributed by atoms with Gasteiger partial charge in [0.1, 0.15) is 5.60 Å². The molecule has 1 aliphatic carbocycles. The van der Waals surface area contributed by atoms with Gasteiger partial charge in [-0.2, -0.15) is 0 Å². The Morgan fingerprint density at radius 1 is 1.39 bits per heavy atom. The minimum absolute atomic E-state index is 0.326. The molecule has 1 aromatic heterocycles. The summed E-state index contributed by atoms with van der Waals surface area (Å²) in [6.07, 6.45) is 6.91. The number of aromatic nitrogens is 1. The van der Waals surface area contributed by atoms with Gasteiger partial charge in [-0.1, -0.05) is 6.42 Å². The van der Waals surface area contributed by atoms with Crippen molar-refractivity contribution in [2.75, 3.05) is 6.54 Å². The summed E-state index contributed by atoms with van der Waals surface area (Å²) < 4.78 is 5.30. The summed E-state index contributed by atoms with van der Waals surface area (Å²) in [6, 6.07) is 2.50. The first kappa shape index (κ1) is 17.7. The molecule has 128 valence electrons. The zero-order valence-electron chi connectivity index (χ0n) is 14.7. The van der Waals surface area contributed by atoms with Crippen LogP contribution in [0.2, 0.25) is 0 Å². The van der Waals surface area contributed by atoms with Crippen LogP contribution >= 0.6 is 0 Å². The Morgan fingerprint density at radius 3 is 2.87 bits per heavy atom. The number of alkyl carbamates (subject to hydrolysis) is 1. The monoisotopic (exact) mass is 319 g/mol. The molecule has 1 saturated carbocycles. The summed E-state index contributed by atoms with van der Waals surface area (Å²) in [4.78, 5) is 15.9. The fraction of sp³-hybridized carbons (Fsp3) is 0.667. The van der Waals surface area contributed by atoms with Crippen LogP contribution in [0.15, 0.2) is 18.5 Å². The fourth-order valence-electron chi connectivity index (χ4n) is 3.02. The maximum absolute atomic E-state index is 11.8. The lowest BCUT2D eigenvalue weighted by atomic mass is 10.0.